The molecule has 1 aliphatic rings. The summed E-state index contributed by atoms with van der Waals surface area (Å²) in [7, 11) is 1.74. The van der Waals surface area contributed by atoms with Crippen molar-refractivity contribution in [3.05, 3.63) is 47.9 Å². The minimum Gasteiger partial charge on any atom is -0.484 e. The van der Waals surface area contributed by atoms with E-state index in [-0.39, 0.29) is 18.1 Å². The minimum absolute atomic E-state index is 0.146. The molecule has 0 bridgehead atoms. The first-order valence-electron chi connectivity index (χ1n) is 8.28. The first-order chi connectivity index (χ1) is 12.2. The maximum absolute atomic E-state index is 12.6. The van der Waals surface area contributed by atoms with Crippen LogP contribution in [-0.4, -0.2) is 48.3 Å². The maximum atomic E-state index is 12.6. The lowest BCUT2D eigenvalue weighted by Crippen LogP contribution is -2.51. The highest BCUT2D eigenvalue weighted by Crippen LogP contribution is 2.18. The molecule has 3 heterocycles. The van der Waals surface area contributed by atoms with Crippen molar-refractivity contribution in [2.75, 3.05) is 25.6 Å². The van der Waals surface area contributed by atoms with Crippen molar-refractivity contribution >= 4 is 11.7 Å². The average molecular weight is 342 g/mol. The van der Waals surface area contributed by atoms with Gasteiger partial charge in [0, 0.05) is 25.5 Å². The average Bonchev–Trinajstić information content (AvgIpc) is 2.65. The second-order valence-electron chi connectivity index (χ2n) is 5.88. The Labute approximate surface area is 146 Å². The molecule has 0 spiro atoms. The first kappa shape index (κ1) is 17.2. The lowest BCUT2D eigenvalue weighted by Gasteiger charge is -2.32. The van der Waals surface area contributed by atoms with Gasteiger partial charge in [0.05, 0.1) is 24.4 Å². The second-order valence-corrected chi connectivity index (χ2v) is 5.88. The van der Waals surface area contributed by atoms with E-state index in [0.717, 1.165) is 5.69 Å². The van der Waals surface area contributed by atoms with Gasteiger partial charge in [0.15, 0.2) is 0 Å². The van der Waals surface area contributed by atoms with Gasteiger partial charge in [0.25, 0.3) is 5.91 Å². The number of nitrogens with one attached hydrogen (secondary N) is 2. The Balaban J connectivity index is 1.70. The number of anilines is 1. The van der Waals surface area contributed by atoms with Crippen molar-refractivity contribution in [2.24, 2.45) is 0 Å². The van der Waals surface area contributed by atoms with E-state index in [4.69, 9.17) is 9.47 Å². The molecule has 7 nitrogen and oxygen atoms in total. The van der Waals surface area contributed by atoms with Crippen LogP contribution in [0.1, 0.15) is 22.5 Å². The van der Waals surface area contributed by atoms with Gasteiger partial charge in [-0.1, -0.05) is 0 Å². The summed E-state index contributed by atoms with van der Waals surface area (Å²) in [4.78, 5) is 21.0. The third kappa shape index (κ3) is 4.24. The summed E-state index contributed by atoms with van der Waals surface area (Å²) in [6.45, 7) is 2.93. The lowest BCUT2D eigenvalue weighted by atomic mass is 10.1. The van der Waals surface area contributed by atoms with Crippen LogP contribution in [0.5, 0.6) is 5.75 Å². The van der Waals surface area contributed by atoms with E-state index in [1.807, 2.05) is 19.1 Å². The standard InChI is InChI=1S/C18H22N4O3/c1-12-5-6-13(10-21-12)25-16-11-24-9-7-15(16)22-18(23)14-4-3-8-20-17(14)19-2/h3-6,8,10,15-16H,7,9,11H2,1-2H3,(H,19,20)(H,22,23)/t15-,16+/m1/s1. The Morgan fingerprint density at radius 1 is 1.32 bits per heavy atom. The molecule has 132 valence electrons. The van der Waals surface area contributed by atoms with Gasteiger partial charge >= 0.3 is 0 Å². The van der Waals surface area contributed by atoms with Crippen LogP contribution in [0.3, 0.4) is 0 Å². The highest BCUT2D eigenvalue weighted by atomic mass is 16.5. The fourth-order valence-electron chi connectivity index (χ4n) is 2.73. The highest BCUT2D eigenvalue weighted by molar-refractivity contribution is 5.98. The second kappa shape index (κ2) is 7.94. The summed E-state index contributed by atoms with van der Waals surface area (Å²) in [6, 6.07) is 7.10. The molecule has 1 aliphatic heterocycles. The highest BCUT2D eigenvalue weighted by Gasteiger charge is 2.30. The van der Waals surface area contributed by atoms with Crippen LogP contribution in [0.2, 0.25) is 0 Å². The summed E-state index contributed by atoms with van der Waals surface area (Å²) in [5.74, 6) is 1.03. The molecule has 1 saturated heterocycles. The van der Waals surface area contributed by atoms with E-state index < -0.39 is 0 Å². The number of nitrogens with zero attached hydrogens (tertiary/aromatic N) is 2. The zero-order chi connectivity index (χ0) is 17.6. The molecule has 2 atom stereocenters. The Bertz CT molecular complexity index is 721. The smallest absolute Gasteiger partial charge is 0.255 e. The van der Waals surface area contributed by atoms with Gasteiger partial charge in [0.1, 0.15) is 17.7 Å². The number of rotatable bonds is 5. The fraction of sp³-hybridized carbons (Fsp3) is 0.389. The number of amides is 1. The lowest BCUT2D eigenvalue weighted by molar-refractivity contribution is -0.0136. The molecule has 3 rings (SSSR count). The van der Waals surface area contributed by atoms with Crippen LogP contribution in [-0.2, 0) is 4.74 Å². The molecule has 1 amide bonds. The largest absolute Gasteiger partial charge is 0.484 e. The SMILES string of the molecule is CNc1ncccc1C(=O)N[C@@H]1CCOC[C@@H]1Oc1ccc(C)nc1. The monoisotopic (exact) mass is 342 g/mol. The Hall–Kier alpha value is -2.67. The summed E-state index contributed by atoms with van der Waals surface area (Å²) in [5.41, 5.74) is 1.43. The number of carbonyl (C=O) groups excluding carboxylic acids is 1. The summed E-state index contributed by atoms with van der Waals surface area (Å²) in [6.07, 6.45) is 3.75. The van der Waals surface area contributed by atoms with E-state index in [0.29, 0.717) is 36.8 Å². The van der Waals surface area contributed by atoms with Gasteiger partial charge < -0.3 is 20.1 Å². The van der Waals surface area contributed by atoms with E-state index in [2.05, 4.69) is 20.6 Å². The summed E-state index contributed by atoms with van der Waals surface area (Å²) >= 11 is 0. The van der Waals surface area contributed by atoms with Gasteiger partial charge in [-0.15, -0.1) is 0 Å². The van der Waals surface area contributed by atoms with Crippen molar-refractivity contribution in [3.8, 4) is 5.75 Å². The molecule has 0 saturated carbocycles. The number of carbonyl (C=O) groups is 1. The third-order valence-electron chi connectivity index (χ3n) is 4.08. The Kier molecular flexibility index (Phi) is 5.45. The summed E-state index contributed by atoms with van der Waals surface area (Å²) < 4.78 is 11.5. The number of ether oxygens (including phenoxy) is 2. The van der Waals surface area contributed by atoms with Gasteiger partial charge in [-0.3, -0.25) is 9.78 Å². The zero-order valence-corrected chi connectivity index (χ0v) is 14.4. The molecule has 25 heavy (non-hydrogen) atoms. The number of hydrogen-bond acceptors (Lipinski definition) is 6. The van der Waals surface area contributed by atoms with E-state index in [1.165, 1.54) is 0 Å². The Morgan fingerprint density at radius 2 is 2.20 bits per heavy atom. The third-order valence-corrected chi connectivity index (χ3v) is 4.08. The van der Waals surface area contributed by atoms with Crippen molar-refractivity contribution in [1.29, 1.82) is 0 Å². The topological polar surface area (TPSA) is 85.4 Å². The molecule has 2 aromatic rings. The molecule has 0 radical (unpaired) electrons. The van der Waals surface area contributed by atoms with Gasteiger partial charge in [-0.25, -0.2) is 4.98 Å². The number of hydrogen-bond donors (Lipinski definition) is 2. The van der Waals surface area contributed by atoms with Crippen molar-refractivity contribution in [3.63, 3.8) is 0 Å². The molecule has 0 aliphatic carbocycles. The quantitative estimate of drug-likeness (QED) is 0.862. The van der Waals surface area contributed by atoms with E-state index in [9.17, 15) is 4.79 Å². The van der Waals surface area contributed by atoms with Gasteiger partial charge in [-0.05, 0) is 37.6 Å². The van der Waals surface area contributed by atoms with Crippen molar-refractivity contribution in [1.82, 2.24) is 15.3 Å². The predicted molar refractivity (Wildman–Crippen MR) is 93.9 cm³/mol. The van der Waals surface area contributed by atoms with Crippen LogP contribution in [0.4, 0.5) is 5.82 Å². The number of aromatic nitrogens is 2. The van der Waals surface area contributed by atoms with Crippen LogP contribution in [0.25, 0.3) is 0 Å². The maximum Gasteiger partial charge on any atom is 0.255 e. The van der Waals surface area contributed by atoms with Crippen molar-refractivity contribution in [2.45, 2.75) is 25.5 Å². The molecule has 0 aromatic carbocycles. The van der Waals surface area contributed by atoms with E-state index in [1.54, 1.807) is 31.6 Å². The van der Waals surface area contributed by atoms with Gasteiger partial charge in [0.2, 0.25) is 0 Å². The van der Waals surface area contributed by atoms with Gasteiger partial charge in [-0.2, -0.15) is 0 Å². The number of pyridine rings is 2. The van der Waals surface area contributed by atoms with Crippen molar-refractivity contribution < 1.29 is 14.3 Å². The van der Waals surface area contributed by atoms with Crippen LogP contribution >= 0.6 is 0 Å². The molecule has 1 fully saturated rings. The molecule has 2 aromatic heterocycles. The predicted octanol–water partition coefficient (Wildman–Crippen LogP) is 1.79. The zero-order valence-electron chi connectivity index (χ0n) is 14.4. The normalized spacial score (nSPS) is 19.9. The molecule has 7 heteroatoms. The first-order valence-corrected chi connectivity index (χ1v) is 8.28. The van der Waals surface area contributed by atoms with Crippen LogP contribution in [0, 0.1) is 6.92 Å². The molecular formula is C18H22N4O3. The minimum atomic E-state index is -0.267. The van der Waals surface area contributed by atoms with E-state index >= 15 is 0 Å². The van der Waals surface area contributed by atoms with Crippen LogP contribution < -0.4 is 15.4 Å². The fourth-order valence-corrected chi connectivity index (χ4v) is 2.73. The number of aryl methyl sites for hydroxylation is 1. The molecule has 0 unspecified atom stereocenters. The molecule has 2 N–H and O–H groups in total. The molecular weight excluding hydrogens is 320 g/mol. The Morgan fingerprint density at radius 3 is 2.96 bits per heavy atom. The van der Waals surface area contributed by atoms with Crippen LogP contribution in [0.15, 0.2) is 36.7 Å². The summed E-state index contributed by atoms with van der Waals surface area (Å²) in [5, 5.41) is 5.98.